The van der Waals surface area contributed by atoms with Gasteiger partial charge in [-0.15, -0.1) is 0 Å². The van der Waals surface area contributed by atoms with Gasteiger partial charge >= 0.3 is 11.9 Å². The van der Waals surface area contributed by atoms with Crippen molar-refractivity contribution < 1.29 is 23.9 Å². The highest BCUT2D eigenvalue weighted by atomic mass is 16.5. The quantitative estimate of drug-likeness (QED) is 0.631. The van der Waals surface area contributed by atoms with Crippen LogP contribution in [0.15, 0.2) is 35.4 Å². The van der Waals surface area contributed by atoms with Crippen molar-refractivity contribution in [2.45, 2.75) is 33.2 Å². The van der Waals surface area contributed by atoms with Crippen LogP contribution >= 0.6 is 0 Å². The number of benzene rings is 1. The highest BCUT2D eigenvalue weighted by Crippen LogP contribution is 2.26. The summed E-state index contributed by atoms with van der Waals surface area (Å²) in [7, 11) is 1.32. The van der Waals surface area contributed by atoms with Crippen molar-refractivity contribution in [2.24, 2.45) is 11.0 Å². The van der Waals surface area contributed by atoms with Crippen molar-refractivity contribution in [1.29, 1.82) is 0 Å². The summed E-state index contributed by atoms with van der Waals surface area (Å²) in [6.07, 6.45) is 0.148. The van der Waals surface area contributed by atoms with Gasteiger partial charge in [0.25, 0.3) is 0 Å². The molecule has 28 heavy (non-hydrogen) atoms. The van der Waals surface area contributed by atoms with Crippen LogP contribution in [0.2, 0.25) is 0 Å². The molecule has 1 amide bonds. The number of likely N-dealkylation sites (N-methyl/N-ethyl adjacent to an activating group) is 1. The molecule has 0 fully saturated rings. The first kappa shape index (κ1) is 21.4. The summed E-state index contributed by atoms with van der Waals surface area (Å²) in [5.74, 6) is -1.55. The van der Waals surface area contributed by atoms with Crippen molar-refractivity contribution in [3.05, 3.63) is 30.3 Å². The maximum Gasteiger partial charge on any atom is 0.354 e. The smallest absolute Gasteiger partial charge is 0.354 e. The average molecular weight is 389 g/mol. The molecule has 0 spiro atoms. The Bertz CT molecular complexity index is 735. The van der Waals surface area contributed by atoms with E-state index >= 15 is 0 Å². The third kappa shape index (κ3) is 4.88. The molecule has 1 aromatic carbocycles. The number of hydrogen-bond acceptors (Lipinski definition) is 7. The van der Waals surface area contributed by atoms with E-state index in [1.165, 1.54) is 7.11 Å². The molecule has 152 valence electrons. The second-order valence-corrected chi connectivity index (χ2v) is 6.47. The third-order valence-corrected chi connectivity index (χ3v) is 4.52. The van der Waals surface area contributed by atoms with Crippen molar-refractivity contribution in [3.63, 3.8) is 0 Å². The SMILES string of the molecule is CCOC(=O)C1=NN(c2ccccc2)C(C(=O)N(CC)CC(C)C(=O)OC)C1. The molecule has 8 nitrogen and oxygen atoms in total. The van der Waals surface area contributed by atoms with Gasteiger partial charge in [-0.05, 0) is 26.0 Å². The molecule has 2 rings (SSSR count). The zero-order valence-electron chi connectivity index (χ0n) is 16.8. The normalized spacial score (nSPS) is 16.9. The number of anilines is 1. The highest BCUT2D eigenvalue weighted by Gasteiger charge is 2.39. The number of amides is 1. The Morgan fingerprint density at radius 1 is 1.25 bits per heavy atom. The fourth-order valence-electron chi connectivity index (χ4n) is 3.05. The predicted molar refractivity (Wildman–Crippen MR) is 105 cm³/mol. The third-order valence-electron chi connectivity index (χ3n) is 4.52. The minimum Gasteiger partial charge on any atom is -0.469 e. The summed E-state index contributed by atoms with van der Waals surface area (Å²) in [5, 5.41) is 5.92. The zero-order valence-corrected chi connectivity index (χ0v) is 16.8. The molecule has 0 N–H and O–H groups in total. The topological polar surface area (TPSA) is 88.5 Å². The van der Waals surface area contributed by atoms with Crippen molar-refractivity contribution >= 4 is 29.2 Å². The Morgan fingerprint density at radius 3 is 2.50 bits per heavy atom. The molecule has 0 bridgehead atoms. The van der Waals surface area contributed by atoms with Crippen LogP contribution < -0.4 is 5.01 Å². The maximum atomic E-state index is 13.2. The van der Waals surface area contributed by atoms with Gasteiger partial charge in [-0.3, -0.25) is 14.6 Å². The average Bonchev–Trinajstić information content (AvgIpc) is 3.17. The first-order chi connectivity index (χ1) is 13.4. The fraction of sp³-hybridized carbons (Fsp3) is 0.500. The minimum atomic E-state index is -0.674. The van der Waals surface area contributed by atoms with Gasteiger partial charge in [0.2, 0.25) is 5.91 Å². The lowest BCUT2D eigenvalue weighted by atomic mass is 10.1. The van der Waals surface area contributed by atoms with E-state index < -0.39 is 17.9 Å². The molecular formula is C20H27N3O5. The van der Waals surface area contributed by atoms with Gasteiger partial charge in [-0.25, -0.2) is 4.79 Å². The van der Waals surface area contributed by atoms with E-state index in [9.17, 15) is 14.4 Å². The Balaban J connectivity index is 2.26. The van der Waals surface area contributed by atoms with Gasteiger partial charge in [-0.1, -0.05) is 25.1 Å². The first-order valence-corrected chi connectivity index (χ1v) is 9.38. The standard InChI is InChI=1S/C20H27N3O5/c1-5-22(13-14(3)19(25)27-4)18(24)17-12-16(20(26)28-6-2)21-23(17)15-10-8-7-9-11-15/h7-11,14,17H,5-6,12-13H2,1-4H3. The Hall–Kier alpha value is -2.90. The van der Waals surface area contributed by atoms with Gasteiger partial charge in [0, 0.05) is 19.5 Å². The van der Waals surface area contributed by atoms with E-state index in [0.29, 0.717) is 12.2 Å². The lowest BCUT2D eigenvalue weighted by Crippen LogP contribution is -2.47. The van der Waals surface area contributed by atoms with E-state index in [4.69, 9.17) is 9.47 Å². The molecule has 1 aliphatic heterocycles. The molecule has 2 unspecified atom stereocenters. The number of carbonyl (C=O) groups is 3. The van der Waals surface area contributed by atoms with Crippen molar-refractivity contribution in [1.82, 2.24) is 4.90 Å². The molecule has 1 heterocycles. The number of rotatable bonds is 8. The monoisotopic (exact) mass is 389 g/mol. The van der Waals surface area contributed by atoms with Gasteiger partial charge in [0.1, 0.15) is 11.8 Å². The van der Waals surface area contributed by atoms with Crippen LogP contribution in [0.3, 0.4) is 0 Å². The van der Waals surface area contributed by atoms with E-state index in [1.54, 1.807) is 23.8 Å². The van der Waals surface area contributed by atoms with Gasteiger partial charge in [-0.2, -0.15) is 5.10 Å². The summed E-state index contributed by atoms with van der Waals surface area (Å²) in [5.41, 5.74) is 0.915. The van der Waals surface area contributed by atoms with Crippen molar-refractivity contribution in [3.8, 4) is 0 Å². The molecule has 0 saturated heterocycles. The second-order valence-electron chi connectivity index (χ2n) is 6.47. The zero-order chi connectivity index (χ0) is 20.7. The molecule has 1 aromatic rings. The Labute approximate surface area is 165 Å². The van der Waals surface area contributed by atoms with E-state index in [1.807, 2.05) is 37.3 Å². The molecule has 2 atom stereocenters. The lowest BCUT2D eigenvalue weighted by Gasteiger charge is -2.30. The van der Waals surface area contributed by atoms with E-state index in [-0.39, 0.29) is 37.2 Å². The van der Waals surface area contributed by atoms with Crippen molar-refractivity contribution in [2.75, 3.05) is 31.8 Å². The number of ether oxygens (including phenoxy) is 2. The van der Waals surface area contributed by atoms with Crippen LogP contribution in [0.4, 0.5) is 5.69 Å². The Kier molecular flexibility index (Phi) is 7.54. The van der Waals surface area contributed by atoms with Crippen LogP contribution in [0, 0.1) is 5.92 Å². The number of methoxy groups -OCH3 is 1. The largest absolute Gasteiger partial charge is 0.469 e. The van der Waals surface area contributed by atoms with Crippen LogP contribution in [0.25, 0.3) is 0 Å². The van der Waals surface area contributed by atoms with Crippen LogP contribution in [0.1, 0.15) is 27.2 Å². The molecule has 1 aliphatic rings. The highest BCUT2D eigenvalue weighted by molar-refractivity contribution is 6.38. The second kappa shape index (κ2) is 9.87. The summed E-state index contributed by atoms with van der Waals surface area (Å²) < 4.78 is 9.81. The number of nitrogens with zero attached hydrogens (tertiary/aromatic N) is 3. The minimum absolute atomic E-state index is 0.148. The number of hydrazone groups is 1. The summed E-state index contributed by atoms with van der Waals surface area (Å²) in [6, 6.07) is 8.52. The molecule has 0 radical (unpaired) electrons. The molecule has 0 saturated carbocycles. The van der Waals surface area contributed by atoms with Gasteiger partial charge < -0.3 is 14.4 Å². The first-order valence-electron chi connectivity index (χ1n) is 9.38. The number of esters is 2. The molecule has 0 aromatic heterocycles. The van der Waals surface area contributed by atoms with Gasteiger partial charge in [0.05, 0.1) is 25.3 Å². The Morgan fingerprint density at radius 2 is 1.93 bits per heavy atom. The lowest BCUT2D eigenvalue weighted by molar-refractivity contribution is -0.146. The van der Waals surface area contributed by atoms with E-state index in [2.05, 4.69) is 5.10 Å². The summed E-state index contributed by atoms with van der Waals surface area (Å²) in [4.78, 5) is 38.8. The number of carbonyl (C=O) groups excluding carboxylic acids is 3. The van der Waals surface area contributed by atoms with E-state index in [0.717, 1.165) is 0 Å². The van der Waals surface area contributed by atoms with Crippen LogP contribution in [-0.4, -0.2) is 61.3 Å². The summed E-state index contributed by atoms with van der Waals surface area (Å²) in [6.45, 7) is 6.17. The fourth-order valence-corrected chi connectivity index (χ4v) is 3.05. The van der Waals surface area contributed by atoms with Crippen LogP contribution in [-0.2, 0) is 23.9 Å². The maximum absolute atomic E-state index is 13.2. The number of para-hydroxylation sites is 1. The van der Waals surface area contributed by atoms with Crippen LogP contribution in [0.5, 0.6) is 0 Å². The number of hydrogen-bond donors (Lipinski definition) is 0. The molecule has 0 aliphatic carbocycles. The predicted octanol–water partition coefficient (Wildman–Crippen LogP) is 1.84. The van der Waals surface area contributed by atoms with Gasteiger partial charge in [0.15, 0.2) is 0 Å². The molecular weight excluding hydrogens is 362 g/mol. The molecule has 8 heteroatoms. The summed E-state index contributed by atoms with van der Waals surface area (Å²) >= 11 is 0.